The molecule has 0 unspecified atom stereocenters. The van der Waals surface area contributed by atoms with E-state index >= 15 is 0 Å². The molecule has 1 aromatic carbocycles. The number of nitrogens with zero attached hydrogens (tertiary/aromatic N) is 4. The molecule has 1 aromatic rings. The standard InChI is InChI=1S/C18H22N4O3/c19-13-15-2-1-3-16(12-15)14-20-4-6-21(7-5-20)17(23)18(24)22-8-10-25-11-9-22/h1-3,12H,4-11,14H2. The summed E-state index contributed by atoms with van der Waals surface area (Å²) in [5.74, 6) is -0.827. The molecule has 2 fully saturated rings. The largest absolute Gasteiger partial charge is 0.378 e. The highest BCUT2D eigenvalue weighted by atomic mass is 16.5. The number of benzene rings is 1. The van der Waals surface area contributed by atoms with Crippen molar-refractivity contribution in [1.82, 2.24) is 14.7 Å². The Morgan fingerprint density at radius 3 is 2.28 bits per heavy atom. The van der Waals surface area contributed by atoms with Gasteiger partial charge in [0.25, 0.3) is 0 Å². The third kappa shape index (κ3) is 4.35. The number of ether oxygens (including phenoxy) is 1. The quantitative estimate of drug-likeness (QED) is 0.711. The van der Waals surface area contributed by atoms with Crippen molar-refractivity contribution in [2.75, 3.05) is 52.5 Å². The third-order valence-corrected chi connectivity index (χ3v) is 4.60. The first-order valence-corrected chi connectivity index (χ1v) is 8.54. The number of morpholine rings is 1. The van der Waals surface area contributed by atoms with Gasteiger partial charge < -0.3 is 14.5 Å². The molecule has 2 aliphatic rings. The van der Waals surface area contributed by atoms with Gasteiger partial charge in [0.1, 0.15) is 0 Å². The molecule has 0 bridgehead atoms. The molecule has 2 heterocycles. The van der Waals surface area contributed by atoms with Crippen LogP contribution in [0.4, 0.5) is 0 Å². The van der Waals surface area contributed by atoms with Gasteiger partial charge in [-0.05, 0) is 17.7 Å². The summed E-state index contributed by atoms with van der Waals surface area (Å²) in [4.78, 5) is 30.1. The summed E-state index contributed by atoms with van der Waals surface area (Å²) in [6, 6.07) is 9.71. The van der Waals surface area contributed by atoms with Gasteiger partial charge in [-0.2, -0.15) is 5.26 Å². The molecular weight excluding hydrogens is 320 g/mol. The summed E-state index contributed by atoms with van der Waals surface area (Å²) >= 11 is 0. The van der Waals surface area contributed by atoms with Crippen LogP contribution in [0.5, 0.6) is 0 Å². The van der Waals surface area contributed by atoms with Crippen LogP contribution in [0.25, 0.3) is 0 Å². The number of carbonyl (C=O) groups is 2. The highest BCUT2D eigenvalue weighted by Crippen LogP contribution is 2.11. The van der Waals surface area contributed by atoms with Crippen molar-refractivity contribution >= 4 is 11.8 Å². The number of hydrogen-bond acceptors (Lipinski definition) is 5. The summed E-state index contributed by atoms with van der Waals surface area (Å²) in [7, 11) is 0. The fourth-order valence-corrected chi connectivity index (χ4v) is 3.14. The maximum absolute atomic E-state index is 12.4. The maximum Gasteiger partial charge on any atom is 0.312 e. The van der Waals surface area contributed by atoms with Gasteiger partial charge in [-0.1, -0.05) is 12.1 Å². The van der Waals surface area contributed by atoms with Crippen LogP contribution in [0.15, 0.2) is 24.3 Å². The molecule has 0 spiro atoms. The number of carbonyl (C=O) groups excluding carboxylic acids is 2. The van der Waals surface area contributed by atoms with Crippen molar-refractivity contribution in [2.24, 2.45) is 0 Å². The van der Waals surface area contributed by atoms with E-state index in [1.165, 1.54) is 0 Å². The third-order valence-electron chi connectivity index (χ3n) is 4.60. The van der Waals surface area contributed by atoms with Gasteiger partial charge in [-0.25, -0.2) is 0 Å². The predicted molar refractivity (Wildman–Crippen MR) is 90.4 cm³/mol. The van der Waals surface area contributed by atoms with Gasteiger partial charge in [0.2, 0.25) is 0 Å². The minimum absolute atomic E-state index is 0.409. The van der Waals surface area contributed by atoms with Crippen LogP contribution >= 0.6 is 0 Å². The lowest BCUT2D eigenvalue weighted by Crippen LogP contribution is -2.54. The summed E-state index contributed by atoms with van der Waals surface area (Å²) in [5, 5.41) is 8.97. The van der Waals surface area contributed by atoms with Crippen molar-refractivity contribution in [1.29, 1.82) is 5.26 Å². The zero-order valence-electron chi connectivity index (χ0n) is 14.2. The number of hydrogen-bond donors (Lipinski definition) is 0. The van der Waals surface area contributed by atoms with Gasteiger partial charge >= 0.3 is 11.8 Å². The average molecular weight is 342 g/mol. The minimum atomic E-state index is -0.418. The molecule has 2 aliphatic heterocycles. The van der Waals surface area contributed by atoms with Crippen molar-refractivity contribution in [3.63, 3.8) is 0 Å². The second kappa shape index (κ2) is 8.10. The van der Waals surface area contributed by atoms with Crippen LogP contribution < -0.4 is 0 Å². The van der Waals surface area contributed by atoms with Crippen LogP contribution in [0, 0.1) is 11.3 Å². The highest BCUT2D eigenvalue weighted by molar-refractivity contribution is 6.34. The summed E-state index contributed by atoms with van der Waals surface area (Å²) in [6.45, 7) is 5.25. The predicted octanol–water partition coefficient (Wildman–Crippen LogP) is 0.0613. The normalized spacial score (nSPS) is 18.7. The molecule has 3 rings (SSSR count). The number of amides is 2. The molecule has 0 atom stereocenters. The maximum atomic E-state index is 12.4. The molecular formula is C18H22N4O3. The lowest BCUT2D eigenvalue weighted by Gasteiger charge is -2.35. The van der Waals surface area contributed by atoms with E-state index in [2.05, 4.69) is 11.0 Å². The summed E-state index contributed by atoms with van der Waals surface area (Å²) < 4.78 is 5.22. The van der Waals surface area contributed by atoms with Crippen molar-refractivity contribution < 1.29 is 14.3 Å². The van der Waals surface area contributed by atoms with Crippen molar-refractivity contribution in [2.45, 2.75) is 6.54 Å². The lowest BCUT2D eigenvalue weighted by atomic mass is 10.1. The molecule has 0 aromatic heterocycles. The SMILES string of the molecule is N#Cc1cccc(CN2CCN(C(=O)C(=O)N3CCOCC3)CC2)c1. The molecule has 7 heteroatoms. The summed E-state index contributed by atoms with van der Waals surface area (Å²) in [5.41, 5.74) is 1.74. The number of piperazine rings is 1. The molecule has 25 heavy (non-hydrogen) atoms. The molecule has 0 saturated carbocycles. The van der Waals surface area contributed by atoms with E-state index in [4.69, 9.17) is 10.00 Å². The topological polar surface area (TPSA) is 76.9 Å². The van der Waals surface area contributed by atoms with Gasteiger partial charge in [-0.15, -0.1) is 0 Å². The molecule has 0 aliphatic carbocycles. The molecule has 0 radical (unpaired) electrons. The first-order valence-electron chi connectivity index (χ1n) is 8.54. The van der Waals surface area contributed by atoms with Gasteiger partial charge in [0, 0.05) is 45.8 Å². The second-order valence-electron chi connectivity index (χ2n) is 6.29. The van der Waals surface area contributed by atoms with Crippen LogP contribution in [0.1, 0.15) is 11.1 Å². The van der Waals surface area contributed by atoms with Crippen LogP contribution in [0.2, 0.25) is 0 Å². The van der Waals surface area contributed by atoms with E-state index in [0.717, 1.165) is 25.2 Å². The Labute approximate surface area is 147 Å². The minimum Gasteiger partial charge on any atom is -0.378 e. The molecule has 0 N–H and O–H groups in total. The van der Waals surface area contributed by atoms with Crippen molar-refractivity contribution in [3.05, 3.63) is 35.4 Å². The fraction of sp³-hybridized carbons (Fsp3) is 0.500. The Balaban J connectivity index is 1.50. The van der Waals surface area contributed by atoms with Crippen LogP contribution in [0.3, 0.4) is 0 Å². The van der Waals surface area contributed by atoms with Crippen LogP contribution in [-0.2, 0) is 20.9 Å². The Hall–Kier alpha value is -2.43. The zero-order valence-corrected chi connectivity index (χ0v) is 14.2. The highest BCUT2D eigenvalue weighted by Gasteiger charge is 2.30. The average Bonchev–Trinajstić information content (AvgIpc) is 2.68. The van der Waals surface area contributed by atoms with Crippen LogP contribution in [-0.4, -0.2) is 79.0 Å². The van der Waals surface area contributed by atoms with Crippen molar-refractivity contribution in [3.8, 4) is 6.07 Å². The number of rotatable bonds is 2. The van der Waals surface area contributed by atoms with Gasteiger partial charge in [0.15, 0.2) is 0 Å². The first-order chi connectivity index (χ1) is 12.2. The molecule has 132 valence electrons. The zero-order chi connectivity index (χ0) is 17.6. The summed E-state index contributed by atoms with van der Waals surface area (Å²) in [6.07, 6.45) is 0. The van der Waals surface area contributed by atoms with E-state index in [9.17, 15) is 9.59 Å². The van der Waals surface area contributed by atoms with E-state index in [1.807, 2.05) is 18.2 Å². The first kappa shape index (κ1) is 17.4. The Morgan fingerprint density at radius 1 is 1.00 bits per heavy atom. The Kier molecular flexibility index (Phi) is 5.64. The Morgan fingerprint density at radius 2 is 1.64 bits per heavy atom. The van der Waals surface area contributed by atoms with Gasteiger partial charge in [-0.3, -0.25) is 14.5 Å². The fourth-order valence-electron chi connectivity index (χ4n) is 3.14. The van der Waals surface area contributed by atoms with E-state index in [1.54, 1.807) is 15.9 Å². The Bertz CT molecular complexity index is 671. The molecule has 2 amide bonds. The molecule has 7 nitrogen and oxygen atoms in total. The van der Waals surface area contributed by atoms with Gasteiger partial charge in [0.05, 0.1) is 24.8 Å². The van der Waals surface area contributed by atoms with E-state index in [-0.39, 0.29) is 0 Å². The lowest BCUT2D eigenvalue weighted by molar-refractivity contribution is -0.155. The van der Waals surface area contributed by atoms with E-state index in [0.29, 0.717) is 45.0 Å². The number of nitriles is 1. The smallest absolute Gasteiger partial charge is 0.312 e. The van der Waals surface area contributed by atoms with E-state index < -0.39 is 11.8 Å². The second-order valence-corrected chi connectivity index (χ2v) is 6.29. The molecule has 2 saturated heterocycles. The monoisotopic (exact) mass is 342 g/mol.